The first-order valence-corrected chi connectivity index (χ1v) is 4.70. The van der Waals surface area contributed by atoms with E-state index in [0.29, 0.717) is 6.42 Å². The molecule has 86 valence electrons. The number of hydrogen-bond donors (Lipinski definition) is 3. The van der Waals surface area contributed by atoms with Crippen LogP contribution in [-0.2, 0) is 14.4 Å². The smallest absolute Gasteiger partial charge is 0.305 e. The van der Waals surface area contributed by atoms with Crippen LogP contribution in [0.5, 0.6) is 0 Å². The standard InChI is InChI=1S/C9H16N2O4/c1-3-5(2)9(15)11-6(8(10)14)4-7(12)13/h5-6H,3-4H2,1-2H3,(H2,10,14)(H,11,15)(H,12,13)/t5-,6+/m1/s1. The van der Waals surface area contributed by atoms with E-state index in [1.54, 1.807) is 6.92 Å². The highest BCUT2D eigenvalue weighted by Crippen LogP contribution is 2.02. The number of carboxylic acid groups (broad SMARTS) is 1. The van der Waals surface area contributed by atoms with E-state index in [1.165, 1.54) is 0 Å². The van der Waals surface area contributed by atoms with E-state index in [0.717, 1.165) is 0 Å². The molecular formula is C9H16N2O4. The molecule has 0 aromatic heterocycles. The minimum atomic E-state index is -1.18. The Kier molecular flexibility index (Phi) is 5.36. The zero-order chi connectivity index (χ0) is 12.0. The first-order chi connectivity index (χ1) is 6.88. The van der Waals surface area contributed by atoms with Gasteiger partial charge in [0.25, 0.3) is 0 Å². The summed E-state index contributed by atoms with van der Waals surface area (Å²) in [4.78, 5) is 32.6. The van der Waals surface area contributed by atoms with Crippen molar-refractivity contribution in [2.45, 2.75) is 32.7 Å². The van der Waals surface area contributed by atoms with Crippen molar-refractivity contribution in [1.82, 2.24) is 5.32 Å². The molecule has 0 aliphatic carbocycles. The molecule has 0 spiro atoms. The molecule has 0 unspecified atom stereocenters. The highest BCUT2D eigenvalue weighted by Gasteiger charge is 2.22. The fourth-order valence-electron chi connectivity index (χ4n) is 0.897. The molecule has 4 N–H and O–H groups in total. The fraction of sp³-hybridized carbons (Fsp3) is 0.667. The van der Waals surface area contributed by atoms with Crippen LogP contribution < -0.4 is 11.1 Å². The van der Waals surface area contributed by atoms with Gasteiger partial charge in [0, 0.05) is 5.92 Å². The average molecular weight is 216 g/mol. The quantitative estimate of drug-likeness (QED) is 0.554. The number of aliphatic carboxylic acids is 1. The van der Waals surface area contributed by atoms with E-state index in [2.05, 4.69) is 5.32 Å². The van der Waals surface area contributed by atoms with Crippen molar-refractivity contribution in [2.24, 2.45) is 11.7 Å². The van der Waals surface area contributed by atoms with Crippen LogP contribution >= 0.6 is 0 Å². The maximum atomic E-state index is 11.4. The van der Waals surface area contributed by atoms with Crippen LogP contribution in [0.2, 0.25) is 0 Å². The zero-order valence-electron chi connectivity index (χ0n) is 8.82. The molecule has 0 bridgehead atoms. The van der Waals surface area contributed by atoms with Crippen LogP contribution in [0.25, 0.3) is 0 Å². The van der Waals surface area contributed by atoms with E-state index >= 15 is 0 Å². The van der Waals surface area contributed by atoms with Gasteiger partial charge in [-0.05, 0) is 6.42 Å². The third-order valence-electron chi connectivity index (χ3n) is 2.10. The SMILES string of the molecule is CC[C@@H](C)C(=O)N[C@@H](CC(=O)O)C(N)=O. The lowest BCUT2D eigenvalue weighted by atomic mass is 10.1. The van der Waals surface area contributed by atoms with Crippen molar-refractivity contribution < 1.29 is 19.5 Å². The molecule has 2 atom stereocenters. The van der Waals surface area contributed by atoms with E-state index in [4.69, 9.17) is 10.8 Å². The summed E-state index contributed by atoms with van der Waals surface area (Å²) in [6.45, 7) is 3.51. The normalized spacial score (nSPS) is 14.0. The molecule has 0 rings (SSSR count). The lowest BCUT2D eigenvalue weighted by Crippen LogP contribution is -2.47. The maximum absolute atomic E-state index is 11.4. The Morgan fingerprint density at radius 3 is 2.27 bits per heavy atom. The molecule has 0 saturated carbocycles. The number of carboxylic acids is 1. The third-order valence-corrected chi connectivity index (χ3v) is 2.10. The summed E-state index contributed by atoms with van der Waals surface area (Å²) in [6, 6.07) is -1.14. The molecule has 0 aromatic rings. The van der Waals surface area contributed by atoms with Gasteiger partial charge in [-0.25, -0.2) is 0 Å². The van der Waals surface area contributed by atoms with Gasteiger partial charge < -0.3 is 16.2 Å². The molecule has 0 heterocycles. The fourth-order valence-corrected chi connectivity index (χ4v) is 0.897. The van der Waals surface area contributed by atoms with Gasteiger partial charge in [0.2, 0.25) is 11.8 Å². The van der Waals surface area contributed by atoms with E-state index in [9.17, 15) is 14.4 Å². The molecule has 0 saturated heterocycles. The Balaban J connectivity index is 4.35. The molecule has 0 fully saturated rings. The van der Waals surface area contributed by atoms with Crippen LogP contribution in [0, 0.1) is 5.92 Å². The minimum absolute atomic E-state index is 0.263. The lowest BCUT2D eigenvalue weighted by molar-refractivity contribution is -0.140. The average Bonchev–Trinajstić information content (AvgIpc) is 2.14. The second kappa shape index (κ2) is 6.00. The van der Waals surface area contributed by atoms with E-state index < -0.39 is 24.3 Å². The van der Waals surface area contributed by atoms with Gasteiger partial charge >= 0.3 is 5.97 Å². The summed E-state index contributed by atoms with van der Waals surface area (Å²) in [7, 11) is 0. The van der Waals surface area contributed by atoms with Gasteiger partial charge in [-0.3, -0.25) is 14.4 Å². The summed E-state index contributed by atoms with van der Waals surface area (Å²) < 4.78 is 0. The maximum Gasteiger partial charge on any atom is 0.305 e. The highest BCUT2D eigenvalue weighted by atomic mass is 16.4. The van der Waals surface area contributed by atoms with Gasteiger partial charge in [0.1, 0.15) is 6.04 Å². The van der Waals surface area contributed by atoms with Gasteiger partial charge in [0.15, 0.2) is 0 Å². The second-order valence-corrected chi connectivity index (χ2v) is 3.37. The Morgan fingerprint density at radius 1 is 1.40 bits per heavy atom. The molecule has 0 radical (unpaired) electrons. The van der Waals surface area contributed by atoms with Crippen LogP contribution in [0.1, 0.15) is 26.7 Å². The molecule has 0 aromatic carbocycles. The summed E-state index contributed by atoms with van der Waals surface area (Å²) >= 11 is 0. The summed E-state index contributed by atoms with van der Waals surface area (Å²) in [5.41, 5.74) is 4.96. The van der Waals surface area contributed by atoms with Crippen LogP contribution in [0.4, 0.5) is 0 Å². The van der Waals surface area contributed by atoms with Crippen molar-refractivity contribution in [1.29, 1.82) is 0 Å². The largest absolute Gasteiger partial charge is 0.481 e. The number of hydrogen-bond acceptors (Lipinski definition) is 3. The zero-order valence-corrected chi connectivity index (χ0v) is 8.82. The van der Waals surface area contributed by atoms with Crippen molar-refractivity contribution in [3.05, 3.63) is 0 Å². The minimum Gasteiger partial charge on any atom is -0.481 e. The molecular weight excluding hydrogens is 200 g/mol. The second-order valence-electron chi connectivity index (χ2n) is 3.37. The molecule has 0 aliphatic heterocycles. The third kappa shape index (κ3) is 4.99. The molecule has 6 nitrogen and oxygen atoms in total. The van der Waals surface area contributed by atoms with Crippen LogP contribution in [0.15, 0.2) is 0 Å². The number of nitrogens with two attached hydrogens (primary N) is 1. The first kappa shape index (κ1) is 13.4. The summed E-state index contributed by atoms with van der Waals surface area (Å²) in [5.74, 6) is -2.64. The van der Waals surface area contributed by atoms with Gasteiger partial charge in [-0.15, -0.1) is 0 Å². The van der Waals surface area contributed by atoms with Crippen molar-refractivity contribution in [3.8, 4) is 0 Å². The first-order valence-electron chi connectivity index (χ1n) is 4.70. The number of carbonyl (C=O) groups excluding carboxylic acids is 2. The lowest BCUT2D eigenvalue weighted by Gasteiger charge is -2.16. The van der Waals surface area contributed by atoms with Crippen molar-refractivity contribution in [3.63, 3.8) is 0 Å². The number of rotatable bonds is 6. The Hall–Kier alpha value is -1.59. The predicted molar refractivity (Wildman–Crippen MR) is 52.8 cm³/mol. The molecule has 15 heavy (non-hydrogen) atoms. The number of amides is 2. The Labute approximate surface area is 87.8 Å². The van der Waals surface area contributed by atoms with Crippen molar-refractivity contribution >= 4 is 17.8 Å². The summed E-state index contributed by atoms with van der Waals surface area (Å²) in [5, 5.41) is 10.8. The van der Waals surface area contributed by atoms with Crippen molar-refractivity contribution in [2.75, 3.05) is 0 Å². The number of primary amides is 1. The molecule has 2 amide bonds. The van der Waals surface area contributed by atoms with E-state index in [1.807, 2.05) is 6.92 Å². The number of carbonyl (C=O) groups is 3. The number of nitrogens with one attached hydrogen (secondary N) is 1. The highest BCUT2D eigenvalue weighted by molar-refractivity contribution is 5.90. The van der Waals surface area contributed by atoms with Crippen LogP contribution in [0.3, 0.4) is 0 Å². The Morgan fingerprint density at radius 2 is 1.93 bits per heavy atom. The van der Waals surface area contributed by atoms with Gasteiger partial charge in [-0.2, -0.15) is 0 Å². The molecule has 6 heteroatoms. The van der Waals surface area contributed by atoms with E-state index in [-0.39, 0.29) is 11.8 Å². The topological polar surface area (TPSA) is 109 Å². The van der Waals surface area contributed by atoms with Gasteiger partial charge in [-0.1, -0.05) is 13.8 Å². The van der Waals surface area contributed by atoms with Gasteiger partial charge in [0.05, 0.1) is 6.42 Å². The predicted octanol–water partition coefficient (Wildman–Crippen LogP) is -0.523. The summed E-state index contributed by atoms with van der Waals surface area (Å²) in [6.07, 6.45) is 0.127. The Bertz CT molecular complexity index is 265. The monoisotopic (exact) mass is 216 g/mol. The van der Waals surface area contributed by atoms with Crippen LogP contribution in [-0.4, -0.2) is 28.9 Å². The molecule has 0 aliphatic rings.